The fourth-order valence-electron chi connectivity index (χ4n) is 2.19. The van der Waals surface area contributed by atoms with Crippen molar-refractivity contribution in [2.45, 2.75) is 0 Å². The Kier molecular flexibility index (Phi) is 2.94. The Hall–Kier alpha value is -3.09. The zero-order chi connectivity index (χ0) is 15.0. The Morgan fingerprint density at radius 2 is 1.62 bits per heavy atom. The van der Waals surface area contributed by atoms with Crippen molar-refractivity contribution in [1.29, 1.82) is 0 Å². The molecule has 3 aromatic rings. The highest BCUT2D eigenvalue weighted by Crippen LogP contribution is 2.22. The molecule has 0 fully saturated rings. The highest BCUT2D eigenvalue weighted by molar-refractivity contribution is 5.81. The van der Waals surface area contributed by atoms with Gasteiger partial charge < -0.3 is 20.3 Å². The van der Waals surface area contributed by atoms with Crippen LogP contribution in [0.4, 0.5) is 0 Å². The number of carboxylic acids is 1. The normalized spacial score (nSPS) is 10.9. The fourth-order valence-corrected chi connectivity index (χ4v) is 2.19. The van der Waals surface area contributed by atoms with E-state index in [1.54, 1.807) is 18.2 Å². The molecule has 0 aliphatic carbocycles. The topological polar surface area (TPSA) is 100 Å². The van der Waals surface area contributed by atoms with Crippen molar-refractivity contribution in [1.82, 2.24) is 0 Å². The molecular weight excluding hydrogens is 276 g/mol. The van der Waals surface area contributed by atoms with Gasteiger partial charge in [-0.3, -0.25) is 0 Å². The van der Waals surface area contributed by atoms with Crippen LogP contribution in [0.15, 0.2) is 42.5 Å². The number of carboxylic acid groups (broad SMARTS) is 1. The van der Waals surface area contributed by atoms with Crippen molar-refractivity contribution in [3.05, 3.63) is 52.9 Å². The highest BCUT2D eigenvalue weighted by atomic mass is 16.5. The molecule has 0 aliphatic rings. The Morgan fingerprint density at radius 1 is 1.00 bits per heavy atom. The minimum Gasteiger partial charge on any atom is -0.617 e. The number of carbonyl (C=O) groups is 1. The van der Waals surface area contributed by atoms with Crippen LogP contribution in [0.1, 0.15) is 0 Å². The lowest BCUT2D eigenvalue weighted by Gasteiger charge is -2.10. The third-order valence-corrected chi connectivity index (χ3v) is 3.07. The standard InChI is InChI=1S/C14H10N2O5/c17-13(18)8-21-12-7-3-6-11-14(12)16(20)10-5-2-1-4-9(10)15(11)19/h1-7H,8H2,(H,17,18). The molecule has 0 amide bonds. The number of hydrogen-bond acceptors (Lipinski definition) is 4. The van der Waals surface area contributed by atoms with Gasteiger partial charge in [-0.2, -0.15) is 9.46 Å². The number of benzene rings is 2. The molecule has 0 radical (unpaired) electrons. The number of ether oxygens (including phenoxy) is 1. The first-order chi connectivity index (χ1) is 10.1. The molecule has 0 unspecified atom stereocenters. The molecule has 0 aliphatic heterocycles. The van der Waals surface area contributed by atoms with Gasteiger partial charge in [-0.05, 0) is 6.07 Å². The molecule has 106 valence electrons. The third-order valence-electron chi connectivity index (χ3n) is 3.07. The third kappa shape index (κ3) is 2.04. The van der Waals surface area contributed by atoms with Gasteiger partial charge in [-0.25, -0.2) is 4.79 Å². The summed E-state index contributed by atoms with van der Waals surface area (Å²) < 4.78 is 6.30. The predicted molar refractivity (Wildman–Crippen MR) is 72.5 cm³/mol. The average Bonchev–Trinajstić information content (AvgIpc) is 2.50. The van der Waals surface area contributed by atoms with Crippen molar-refractivity contribution in [2.75, 3.05) is 6.61 Å². The maximum absolute atomic E-state index is 12.4. The molecule has 3 rings (SSSR count). The number of rotatable bonds is 3. The monoisotopic (exact) mass is 286 g/mol. The Balaban J connectivity index is 2.34. The first kappa shape index (κ1) is 12.9. The molecule has 2 aromatic carbocycles. The van der Waals surface area contributed by atoms with Crippen molar-refractivity contribution in [3.63, 3.8) is 0 Å². The molecule has 0 bridgehead atoms. The molecule has 0 saturated heterocycles. The van der Waals surface area contributed by atoms with E-state index in [1.807, 2.05) is 0 Å². The fraction of sp³-hybridized carbons (Fsp3) is 0.0714. The van der Waals surface area contributed by atoms with Crippen LogP contribution in [0, 0.1) is 10.4 Å². The minimum atomic E-state index is -1.17. The summed E-state index contributed by atoms with van der Waals surface area (Å²) in [6.07, 6.45) is 0. The van der Waals surface area contributed by atoms with E-state index in [0.29, 0.717) is 9.46 Å². The maximum Gasteiger partial charge on any atom is 0.341 e. The van der Waals surface area contributed by atoms with Crippen LogP contribution >= 0.6 is 0 Å². The average molecular weight is 286 g/mol. The summed E-state index contributed by atoms with van der Waals surface area (Å²) in [5.41, 5.74) is 0.542. The van der Waals surface area contributed by atoms with Gasteiger partial charge in [0.25, 0.3) is 16.6 Å². The summed E-state index contributed by atoms with van der Waals surface area (Å²) in [5.74, 6) is -1.11. The lowest BCUT2D eigenvalue weighted by atomic mass is 10.2. The SMILES string of the molecule is O=C(O)COc1cccc2c1[n+]([O-])c1ccccc1[n+]2[O-]. The van der Waals surface area contributed by atoms with E-state index in [-0.39, 0.29) is 27.8 Å². The van der Waals surface area contributed by atoms with E-state index in [9.17, 15) is 15.2 Å². The van der Waals surface area contributed by atoms with Gasteiger partial charge >= 0.3 is 11.5 Å². The largest absolute Gasteiger partial charge is 0.617 e. The Morgan fingerprint density at radius 3 is 2.29 bits per heavy atom. The number of hydrogen-bond donors (Lipinski definition) is 1. The molecule has 21 heavy (non-hydrogen) atoms. The smallest absolute Gasteiger partial charge is 0.341 e. The molecule has 0 spiro atoms. The van der Waals surface area contributed by atoms with E-state index in [4.69, 9.17) is 9.84 Å². The number of aliphatic carboxylic acids is 1. The van der Waals surface area contributed by atoms with Crippen LogP contribution in [-0.2, 0) is 4.79 Å². The summed E-state index contributed by atoms with van der Waals surface area (Å²) in [7, 11) is 0. The second-order valence-corrected chi connectivity index (χ2v) is 4.38. The summed E-state index contributed by atoms with van der Waals surface area (Å²) in [5, 5.41) is 33.4. The van der Waals surface area contributed by atoms with Gasteiger partial charge in [0.05, 0.1) is 0 Å². The van der Waals surface area contributed by atoms with Crippen LogP contribution in [0.5, 0.6) is 5.75 Å². The van der Waals surface area contributed by atoms with Gasteiger partial charge in [0.1, 0.15) is 0 Å². The number of para-hydroxylation sites is 3. The van der Waals surface area contributed by atoms with Crippen LogP contribution in [0.3, 0.4) is 0 Å². The quantitative estimate of drug-likeness (QED) is 0.434. The number of aromatic nitrogens is 2. The summed E-state index contributed by atoms with van der Waals surface area (Å²) in [6.45, 7) is -0.592. The van der Waals surface area contributed by atoms with Crippen LogP contribution in [0.2, 0.25) is 0 Å². The minimum absolute atomic E-state index is 0.00690. The molecule has 1 heterocycles. The number of fused-ring (bicyclic) bond motifs is 2. The first-order valence-corrected chi connectivity index (χ1v) is 6.11. The second kappa shape index (κ2) is 4.78. The van der Waals surface area contributed by atoms with Crippen molar-refractivity contribution in [2.24, 2.45) is 0 Å². The zero-order valence-electron chi connectivity index (χ0n) is 10.7. The summed E-state index contributed by atoms with van der Waals surface area (Å²) >= 11 is 0. The van der Waals surface area contributed by atoms with E-state index in [0.717, 1.165) is 0 Å². The van der Waals surface area contributed by atoms with Crippen LogP contribution in [-0.4, -0.2) is 17.7 Å². The van der Waals surface area contributed by atoms with E-state index in [1.165, 1.54) is 24.3 Å². The van der Waals surface area contributed by atoms with E-state index >= 15 is 0 Å². The molecule has 1 N–H and O–H groups in total. The first-order valence-electron chi connectivity index (χ1n) is 6.11. The molecule has 7 nitrogen and oxygen atoms in total. The molecular formula is C14H10N2O5. The van der Waals surface area contributed by atoms with Gasteiger partial charge in [-0.15, -0.1) is 0 Å². The van der Waals surface area contributed by atoms with Crippen molar-refractivity contribution in [3.8, 4) is 5.75 Å². The van der Waals surface area contributed by atoms with Gasteiger partial charge in [0.2, 0.25) is 0 Å². The zero-order valence-corrected chi connectivity index (χ0v) is 10.7. The van der Waals surface area contributed by atoms with Gasteiger partial charge in [0.15, 0.2) is 12.4 Å². The van der Waals surface area contributed by atoms with Gasteiger partial charge in [0, 0.05) is 18.2 Å². The maximum atomic E-state index is 12.4. The van der Waals surface area contributed by atoms with E-state index in [2.05, 4.69) is 0 Å². The lowest BCUT2D eigenvalue weighted by Crippen LogP contribution is -2.39. The van der Waals surface area contributed by atoms with Crippen LogP contribution in [0.25, 0.3) is 22.1 Å². The predicted octanol–water partition coefficient (Wildman–Crippen LogP) is 0.723. The molecule has 7 heteroatoms. The summed E-state index contributed by atoms with van der Waals surface area (Å²) in [6, 6.07) is 10.8. The molecule has 1 aromatic heterocycles. The number of nitrogens with zero attached hydrogens (tertiary/aromatic N) is 2. The lowest BCUT2D eigenvalue weighted by molar-refractivity contribution is -0.591. The summed E-state index contributed by atoms with van der Waals surface area (Å²) in [4.78, 5) is 10.6. The second-order valence-electron chi connectivity index (χ2n) is 4.38. The van der Waals surface area contributed by atoms with Crippen LogP contribution < -0.4 is 14.2 Å². The van der Waals surface area contributed by atoms with E-state index < -0.39 is 12.6 Å². The van der Waals surface area contributed by atoms with Crippen molar-refractivity contribution < 1.29 is 24.1 Å². The molecule has 0 saturated carbocycles. The Labute approximate surface area is 118 Å². The van der Waals surface area contributed by atoms with Gasteiger partial charge in [-0.1, -0.05) is 18.2 Å². The molecule has 0 atom stereocenters. The Bertz CT molecular complexity index is 863. The van der Waals surface area contributed by atoms with Crippen molar-refractivity contribution >= 4 is 28.0 Å². The highest BCUT2D eigenvalue weighted by Gasteiger charge is 2.24.